The summed E-state index contributed by atoms with van der Waals surface area (Å²) in [4.78, 5) is 40.6. The third-order valence-corrected chi connectivity index (χ3v) is 7.59. The van der Waals surface area contributed by atoms with Crippen LogP contribution in [0, 0.1) is 11.3 Å². The fourth-order valence-corrected chi connectivity index (χ4v) is 5.59. The molecule has 6 rings (SSSR count). The molecule has 1 aromatic heterocycles. The minimum absolute atomic E-state index is 0.00742. The SMILES string of the molecule is COc1cc(C#N)cc(-n2cc(CN3CC[C@H](Oc4ccc5c(c4)CN(C4CCC(=O)NC4=O)C5=O)C3)cn2)c1. The predicted molar refractivity (Wildman–Crippen MR) is 142 cm³/mol. The number of carbonyl (C=O) groups is 3. The number of aromatic nitrogens is 2. The Morgan fingerprint density at radius 1 is 1.12 bits per heavy atom. The van der Waals surface area contributed by atoms with Gasteiger partial charge in [-0.05, 0) is 48.7 Å². The Labute approximate surface area is 230 Å². The van der Waals surface area contributed by atoms with Crippen molar-refractivity contribution in [1.82, 2.24) is 24.9 Å². The van der Waals surface area contributed by atoms with Crippen molar-refractivity contribution in [3.05, 3.63) is 71.0 Å². The van der Waals surface area contributed by atoms with Crippen molar-refractivity contribution in [2.75, 3.05) is 20.2 Å². The van der Waals surface area contributed by atoms with E-state index < -0.39 is 11.9 Å². The van der Waals surface area contributed by atoms with Crippen molar-refractivity contribution in [2.45, 2.75) is 44.5 Å². The molecule has 4 heterocycles. The summed E-state index contributed by atoms with van der Waals surface area (Å²) in [5, 5.41) is 16.1. The number of hydrogen-bond donors (Lipinski definition) is 1. The van der Waals surface area contributed by atoms with E-state index in [9.17, 15) is 19.6 Å². The molecule has 2 aromatic carbocycles. The number of hydrogen-bond acceptors (Lipinski definition) is 8. The molecule has 0 aliphatic carbocycles. The van der Waals surface area contributed by atoms with E-state index in [1.165, 1.54) is 0 Å². The minimum Gasteiger partial charge on any atom is -0.497 e. The molecule has 204 valence electrons. The summed E-state index contributed by atoms with van der Waals surface area (Å²) in [6.45, 7) is 2.66. The summed E-state index contributed by atoms with van der Waals surface area (Å²) in [6, 6.07) is 12.3. The Kier molecular flexibility index (Phi) is 6.69. The summed E-state index contributed by atoms with van der Waals surface area (Å²) >= 11 is 0. The molecule has 0 saturated carbocycles. The molecule has 2 atom stereocenters. The third kappa shape index (κ3) is 5.01. The Balaban J connectivity index is 1.06. The first-order chi connectivity index (χ1) is 19.4. The summed E-state index contributed by atoms with van der Waals surface area (Å²) < 4.78 is 13.3. The van der Waals surface area contributed by atoms with Crippen LogP contribution >= 0.6 is 0 Å². The van der Waals surface area contributed by atoms with Gasteiger partial charge < -0.3 is 14.4 Å². The number of fused-ring (bicyclic) bond motifs is 1. The maximum Gasteiger partial charge on any atom is 0.255 e. The van der Waals surface area contributed by atoms with Crippen LogP contribution in [0.2, 0.25) is 0 Å². The first-order valence-electron chi connectivity index (χ1n) is 13.2. The molecule has 40 heavy (non-hydrogen) atoms. The zero-order valence-corrected chi connectivity index (χ0v) is 22.0. The second-order valence-corrected chi connectivity index (χ2v) is 10.3. The van der Waals surface area contributed by atoms with Crippen LogP contribution in [-0.4, -0.2) is 69.6 Å². The van der Waals surface area contributed by atoms with E-state index in [0.29, 0.717) is 42.1 Å². The zero-order valence-electron chi connectivity index (χ0n) is 22.0. The Bertz CT molecular complexity index is 1540. The smallest absolute Gasteiger partial charge is 0.255 e. The number of nitrogens with one attached hydrogen (secondary N) is 1. The molecule has 2 fully saturated rings. The van der Waals surface area contributed by atoms with Crippen molar-refractivity contribution in [3.8, 4) is 23.3 Å². The van der Waals surface area contributed by atoms with Gasteiger partial charge >= 0.3 is 0 Å². The van der Waals surface area contributed by atoms with Gasteiger partial charge in [-0.1, -0.05) is 0 Å². The number of methoxy groups -OCH3 is 1. The van der Waals surface area contributed by atoms with E-state index in [1.807, 2.05) is 24.5 Å². The molecule has 1 N–H and O–H groups in total. The highest BCUT2D eigenvalue weighted by atomic mass is 16.5. The number of imide groups is 1. The lowest BCUT2D eigenvalue weighted by atomic mass is 10.0. The Morgan fingerprint density at radius 2 is 2.00 bits per heavy atom. The molecule has 1 unspecified atom stereocenters. The lowest BCUT2D eigenvalue weighted by molar-refractivity contribution is -0.136. The van der Waals surface area contributed by atoms with Gasteiger partial charge in [0.25, 0.3) is 5.91 Å². The van der Waals surface area contributed by atoms with Crippen LogP contribution in [0.4, 0.5) is 0 Å². The third-order valence-electron chi connectivity index (χ3n) is 7.59. The lowest BCUT2D eigenvalue weighted by Gasteiger charge is -2.29. The van der Waals surface area contributed by atoms with Crippen molar-refractivity contribution in [3.63, 3.8) is 0 Å². The van der Waals surface area contributed by atoms with Crippen LogP contribution < -0.4 is 14.8 Å². The molecule has 11 heteroatoms. The molecule has 3 aliphatic heterocycles. The maximum atomic E-state index is 12.9. The number of benzene rings is 2. The molecule has 11 nitrogen and oxygen atoms in total. The summed E-state index contributed by atoms with van der Waals surface area (Å²) in [7, 11) is 1.57. The van der Waals surface area contributed by atoms with Gasteiger partial charge in [0.15, 0.2) is 0 Å². The van der Waals surface area contributed by atoms with Crippen molar-refractivity contribution in [1.29, 1.82) is 5.26 Å². The summed E-state index contributed by atoms with van der Waals surface area (Å²) in [6.07, 6.45) is 5.22. The first-order valence-corrected chi connectivity index (χ1v) is 13.2. The summed E-state index contributed by atoms with van der Waals surface area (Å²) in [5.41, 5.74) is 3.71. The number of piperidine rings is 1. The number of amides is 3. The molecule has 0 spiro atoms. The van der Waals surface area contributed by atoms with Gasteiger partial charge in [0.05, 0.1) is 30.6 Å². The van der Waals surface area contributed by atoms with E-state index in [0.717, 1.165) is 36.3 Å². The van der Waals surface area contributed by atoms with Crippen LogP contribution in [-0.2, 0) is 22.7 Å². The van der Waals surface area contributed by atoms with E-state index in [1.54, 1.807) is 41.0 Å². The fraction of sp³-hybridized carbons (Fsp3) is 0.345. The van der Waals surface area contributed by atoms with E-state index in [-0.39, 0.29) is 24.3 Å². The number of nitrogens with zero attached hydrogens (tertiary/aromatic N) is 5. The number of ether oxygens (including phenoxy) is 2. The molecule has 3 aliphatic rings. The van der Waals surface area contributed by atoms with Crippen LogP contribution in [0.25, 0.3) is 5.69 Å². The molecule has 0 bridgehead atoms. The van der Waals surface area contributed by atoms with Crippen molar-refractivity contribution >= 4 is 17.7 Å². The van der Waals surface area contributed by atoms with E-state index in [2.05, 4.69) is 21.4 Å². The Hall–Kier alpha value is -4.69. The molecule has 3 amide bonds. The predicted octanol–water partition coefficient (Wildman–Crippen LogP) is 2.17. The van der Waals surface area contributed by atoms with Gasteiger partial charge in [0.2, 0.25) is 11.8 Å². The van der Waals surface area contributed by atoms with Crippen LogP contribution in [0.5, 0.6) is 11.5 Å². The van der Waals surface area contributed by atoms with Crippen LogP contribution in [0.1, 0.15) is 46.3 Å². The summed E-state index contributed by atoms with van der Waals surface area (Å²) in [5.74, 6) is 0.391. The average Bonchev–Trinajstić information content (AvgIpc) is 3.68. The average molecular weight is 541 g/mol. The highest BCUT2D eigenvalue weighted by Gasteiger charge is 2.39. The number of rotatable bonds is 7. The van der Waals surface area contributed by atoms with E-state index >= 15 is 0 Å². The number of carbonyl (C=O) groups excluding carboxylic acids is 3. The number of nitriles is 1. The second-order valence-electron chi connectivity index (χ2n) is 10.3. The van der Waals surface area contributed by atoms with Gasteiger partial charge in [-0.3, -0.25) is 24.6 Å². The van der Waals surface area contributed by atoms with Gasteiger partial charge in [0, 0.05) is 56.0 Å². The Morgan fingerprint density at radius 3 is 2.80 bits per heavy atom. The zero-order chi connectivity index (χ0) is 27.8. The first kappa shape index (κ1) is 25.6. The van der Waals surface area contributed by atoms with Gasteiger partial charge in [-0.25, -0.2) is 4.68 Å². The molecule has 2 saturated heterocycles. The van der Waals surface area contributed by atoms with Gasteiger partial charge in [0.1, 0.15) is 23.6 Å². The van der Waals surface area contributed by atoms with Crippen LogP contribution in [0.15, 0.2) is 48.8 Å². The monoisotopic (exact) mass is 540 g/mol. The van der Waals surface area contributed by atoms with Crippen LogP contribution in [0.3, 0.4) is 0 Å². The highest BCUT2D eigenvalue weighted by Crippen LogP contribution is 2.31. The minimum atomic E-state index is -0.632. The highest BCUT2D eigenvalue weighted by molar-refractivity contribution is 6.05. The largest absolute Gasteiger partial charge is 0.497 e. The normalized spacial score (nSPS) is 20.8. The second kappa shape index (κ2) is 10.5. The maximum absolute atomic E-state index is 12.9. The number of likely N-dealkylation sites (tertiary alicyclic amines) is 1. The standard InChI is InChI=1S/C29H28N6O5/c1-39-24-9-18(12-30)8-21(11-24)35-15-19(13-31-35)14-33-7-6-23(17-33)40-22-2-3-25-20(10-22)16-34(29(25)38)26-4-5-27(36)32-28(26)37/h2-3,8-11,13,15,23,26H,4-7,14,16-17H2,1H3,(H,32,36,37)/t23-,26?/m0/s1. The van der Waals surface area contributed by atoms with E-state index in [4.69, 9.17) is 9.47 Å². The van der Waals surface area contributed by atoms with Crippen molar-refractivity contribution < 1.29 is 23.9 Å². The molecule has 0 radical (unpaired) electrons. The lowest BCUT2D eigenvalue weighted by Crippen LogP contribution is -2.52. The van der Waals surface area contributed by atoms with Gasteiger partial charge in [-0.2, -0.15) is 10.4 Å². The molecular formula is C29H28N6O5. The topological polar surface area (TPSA) is 130 Å². The quantitative estimate of drug-likeness (QED) is 0.452. The fourth-order valence-electron chi connectivity index (χ4n) is 5.59. The molecular weight excluding hydrogens is 512 g/mol. The van der Waals surface area contributed by atoms with Crippen molar-refractivity contribution in [2.24, 2.45) is 0 Å². The molecule has 3 aromatic rings. The van der Waals surface area contributed by atoms with Gasteiger partial charge in [-0.15, -0.1) is 0 Å².